The van der Waals surface area contributed by atoms with E-state index in [9.17, 15) is 23.8 Å². The summed E-state index contributed by atoms with van der Waals surface area (Å²) < 4.78 is 37.7. The summed E-state index contributed by atoms with van der Waals surface area (Å²) in [5.41, 5.74) is 1.58. The number of amides is 3. The van der Waals surface area contributed by atoms with E-state index < -0.39 is 60.1 Å². The third kappa shape index (κ3) is 10.1. The first-order valence-corrected chi connectivity index (χ1v) is 24.2. The highest BCUT2D eigenvalue weighted by atomic mass is 32.1. The van der Waals surface area contributed by atoms with Gasteiger partial charge in [0.25, 0.3) is 0 Å². The largest absolute Gasteiger partial charge is 0.497 e. The van der Waals surface area contributed by atoms with Crippen LogP contribution in [0.15, 0.2) is 66.6 Å². The minimum absolute atomic E-state index is 0.0299. The smallest absolute Gasteiger partial charge is 0.408 e. The van der Waals surface area contributed by atoms with E-state index in [1.54, 1.807) is 62.8 Å². The highest BCUT2D eigenvalue weighted by molar-refractivity contribution is 7.59. The van der Waals surface area contributed by atoms with Crippen LogP contribution in [-0.2, 0) is 25.1 Å². The molecule has 2 aromatic carbocycles. The predicted octanol–water partition coefficient (Wildman–Crippen LogP) is 8.12. The van der Waals surface area contributed by atoms with Crippen LogP contribution >= 0.6 is 18.7 Å². The van der Waals surface area contributed by atoms with E-state index >= 15 is 0 Å². The first-order chi connectivity index (χ1) is 29.9. The van der Waals surface area contributed by atoms with Gasteiger partial charge in [0.05, 0.1) is 38.1 Å². The summed E-state index contributed by atoms with van der Waals surface area (Å²) in [6.07, 6.45) is 3.40. The van der Waals surface area contributed by atoms with Crippen LogP contribution in [0.1, 0.15) is 78.7 Å². The fourth-order valence-corrected chi connectivity index (χ4v) is 11.7. The summed E-state index contributed by atoms with van der Waals surface area (Å²) in [5, 5.41) is 11.0. The number of likely N-dealkylation sites (tertiary alicyclic amines) is 1. The Kier molecular flexibility index (Phi) is 13.5. The topological polar surface area (TPSA) is 191 Å². The monoisotopic (exact) mass is 902 g/mol. The molecule has 7 rings (SSSR count). The average Bonchev–Trinajstić information content (AvgIpc) is 3.63. The van der Waals surface area contributed by atoms with E-state index in [0.29, 0.717) is 45.1 Å². The predicted molar refractivity (Wildman–Crippen MR) is 244 cm³/mol. The molecule has 2 saturated carbocycles. The van der Waals surface area contributed by atoms with Gasteiger partial charge in [-0.1, -0.05) is 39.0 Å². The fraction of sp³-hybridized carbons (Fsp3) is 0.500. The minimum atomic E-state index is -4.14. The molecule has 2 aromatic heterocycles. The Labute approximate surface area is 372 Å². The second-order valence-electron chi connectivity index (χ2n) is 18.1. The number of carbonyl (C=O) groups excluding carboxylic acids is 3. The number of anilines is 1. The van der Waals surface area contributed by atoms with Crippen molar-refractivity contribution in [2.24, 2.45) is 11.3 Å². The van der Waals surface area contributed by atoms with Gasteiger partial charge in [0.2, 0.25) is 19.2 Å². The average molecular weight is 903 g/mol. The summed E-state index contributed by atoms with van der Waals surface area (Å²) in [5.74, 6) is 0.0578. The van der Waals surface area contributed by atoms with Crippen molar-refractivity contribution in [3.8, 4) is 28.6 Å². The van der Waals surface area contributed by atoms with Crippen molar-refractivity contribution < 1.29 is 42.8 Å². The molecule has 1 aliphatic heterocycles. The number of benzene rings is 2. The van der Waals surface area contributed by atoms with Gasteiger partial charge in [-0.2, -0.15) is 0 Å². The summed E-state index contributed by atoms with van der Waals surface area (Å²) in [6.45, 7) is 13.4. The number of hydrogen-bond acceptors (Lipinski definition) is 12. The minimum Gasteiger partial charge on any atom is -0.497 e. The first kappa shape index (κ1) is 45.8. The molecular weight excluding hydrogens is 844 g/mol. The van der Waals surface area contributed by atoms with Crippen LogP contribution in [0.4, 0.5) is 9.93 Å². The molecule has 6 atom stereocenters. The van der Waals surface area contributed by atoms with Crippen molar-refractivity contribution in [3.63, 3.8) is 0 Å². The zero-order valence-electron chi connectivity index (χ0n) is 37.0. The van der Waals surface area contributed by atoms with Crippen molar-refractivity contribution in [1.29, 1.82) is 0 Å². The lowest BCUT2D eigenvalue weighted by Crippen LogP contribution is -2.58. The highest BCUT2D eigenvalue weighted by Crippen LogP contribution is 2.70. The highest BCUT2D eigenvalue weighted by Gasteiger charge is 2.65. The van der Waals surface area contributed by atoms with Crippen LogP contribution in [0.2, 0.25) is 0 Å². The molecule has 3 amide bonds. The van der Waals surface area contributed by atoms with Crippen LogP contribution in [0.3, 0.4) is 0 Å². The number of thiazole rings is 1. The Morgan fingerprint density at radius 3 is 2.35 bits per heavy atom. The van der Waals surface area contributed by atoms with Crippen molar-refractivity contribution in [3.05, 3.63) is 72.1 Å². The fourth-order valence-electron chi connectivity index (χ4n) is 8.52. The van der Waals surface area contributed by atoms with Gasteiger partial charge < -0.3 is 44.7 Å². The number of ether oxygens (including phenoxy) is 4. The molecule has 4 N–H and O–H groups in total. The number of carbonyl (C=O) groups is 3. The van der Waals surface area contributed by atoms with E-state index in [2.05, 4.69) is 22.5 Å². The number of pyridine rings is 1. The standard InChI is InChI=1S/C46H59N6O9PS/c1-9-29-23-46(29,62(56,57)25-28-14-16-30(58-7)17-15-28)51-41(53)38-21-33(24-52(38)42(54)40(45(4,5)6)50-44(55)61-31-12-10-11-13-31)60-39-22-36(37-26-63-43(49-37)47-27(2)3)48-35-20-32(59-8)18-19-34(35)39/h9,14-20,22,26-27,29,31,33,38,40H,1,10-13,21,23-25H2,2-8H3,(H,47,49)(H,50,55)(H,51,53)(H,56,57)/t29-,33-,38+,40-,46+/m1/s1. The number of nitrogens with one attached hydrogen (secondary N) is 3. The zero-order chi connectivity index (χ0) is 45.3. The van der Waals surface area contributed by atoms with E-state index in [0.717, 1.165) is 30.8 Å². The maximum Gasteiger partial charge on any atom is 0.408 e. The molecule has 3 aliphatic rings. The van der Waals surface area contributed by atoms with Gasteiger partial charge in [-0.05, 0) is 81.2 Å². The molecule has 63 heavy (non-hydrogen) atoms. The van der Waals surface area contributed by atoms with Crippen LogP contribution in [0, 0.1) is 11.3 Å². The third-order valence-electron chi connectivity index (χ3n) is 12.0. The summed E-state index contributed by atoms with van der Waals surface area (Å²) in [7, 11) is -1.02. The Balaban J connectivity index is 1.22. The van der Waals surface area contributed by atoms with Crippen LogP contribution in [-0.4, -0.2) is 94.0 Å². The lowest BCUT2D eigenvalue weighted by molar-refractivity contribution is -0.142. The molecule has 1 unspecified atom stereocenters. The molecule has 0 radical (unpaired) electrons. The summed E-state index contributed by atoms with van der Waals surface area (Å²) in [4.78, 5) is 65.9. The van der Waals surface area contributed by atoms with Gasteiger partial charge in [-0.3, -0.25) is 14.2 Å². The van der Waals surface area contributed by atoms with Crippen molar-refractivity contribution >= 4 is 52.6 Å². The number of methoxy groups -OCH3 is 2. The molecule has 338 valence electrons. The summed E-state index contributed by atoms with van der Waals surface area (Å²) in [6, 6.07) is 12.1. The third-order valence-corrected chi connectivity index (χ3v) is 15.5. The van der Waals surface area contributed by atoms with E-state index in [4.69, 9.17) is 28.9 Å². The van der Waals surface area contributed by atoms with E-state index in [-0.39, 0.29) is 37.7 Å². The molecule has 2 aliphatic carbocycles. The van der Waals surface area contributed by atoms with Gasteiger partial charge in [0, 0.05) is 41.3 Å². The summed E-state index contributed by atoms with van der Waals surface area (Å²) >= 11 is 1.46. The number of hydrogen-bond donors (Lipinski definition) is 4. The number of alkyl carbamates (subject to hydrolysis) is 1. The first-order valence-electron chi connectivity index (χ1n) is 21.5. The quantitative estimate of drug-likeness (QED) is 0.0625. The van der Waals surface area contributed by atoms with Crippen LogP contribution in [0.5, 0.6) is 17.2 Å². The lowest BCUT2D eigenvalue weighted by atomic mass is 9.85. The second-order valence-corrected chi connectivity index (χ2v) is 21.5. The molecule has 3 fully saturated rings. The van der Waals surface area contributed by atoms with Gasteiger partial charge in [0.15, 0.2) is 5.13 Å². The second kappa shape index (κ2) is 18.5. The number of aromatic nitrogens is 2. The van der Waals surface area contributed by atoms with Gasteiger partial charge in [-0.25, -0.2) is 14.8 Å². The Hall–Kier alpha value is -5.18. The molecule has 17 heteroatoms. The van der Waals surface area contributed by atoms with Gasteiger partial charge in [-0.15, -0.1) is 17.9 Å². The zero-order valence-corrected chi connectivity index (χ0v) is 38.7. The Morgan fingerprint density at radius 1 is 1.02 bits per heavy atom. The molecule has 3 heterocycles. The van der Waals surface area contributed by atoms with Gasteiger partial charge >= 0.3 is 6.09 Å². The maximum absolute atomic E-state index is 14.9. The maximum atomic E-state index is 14.9. The van der Waals surface area contributed by atoms with Crippen molar-refractivity contribution in [1.82, 2.24) is 25.5 Å². The van der Waals surface area contributed by atoms with E-state index in [1.165, 1.54) is 16.2 Å². The molecule has 0 bridgehead atoms. The van der Waals surface area contributed by atoms with Crippen molar-refractivity contribution in [2.45, 2.75) is 115 Å². The normalized spacial score (nSPS) is 22.6. The van der Waals surface area contributed by atoms with Crippen molar-refractivity contribution in [2.75, 3.05) is 26.1 Å². The Morgan fingerprint density at radius 2 is 1.71 bits per heavy atom. The molecular formula is C46H59N6O9PS. The number of nitrogens with zero attached hydrogens (tertiary/aromatic N) is 3. The lowest BCUT2D eigenvalue weighted by Gasteiger charge is -2.36. The Bertz CT molecular complexity index is 2380. The van der Waals surface area contributed by atoms with Gasteiger partial charge in [0.1, 0.15) is 52.5 Å². The van der Waals surface area contributed by atoms with Crippen LogP contribution < -0.4 is 30.2 Å². The molecule has 4 aromatic rings. The number of rotatable bonds is 16. The molecule has 0 spiro atoms. The van der Waals surface area contributed by atoms with E-state index in [1.807, 2.05) is 46.1 Å². The molecule has 15 nitrogen and oxygen atoms in total. The molecule has 1 saturated heterocycles. The van der Waals surface area contributed by atoms with Crippen LogP contribution in [0.25, 0.3) is 22.3 Å². The SMILES string of the molecule is C=C[C@@H]1C[C@]1(NC(=O)[C@@H]1C[C@@H](Oc2cc(-c3csc(NC(C)C)n3)nc3cc(OC)ccc23)CN1C(=O)[C@@H](NC(=O)OC1CCCC1)C(C)(C)C)P(=O)(O)Cc1ccc(OC)cc1. The number of fused-ring (bicyclic) bond motifs is 1.